The summed E-state index contributed by atoms with van der Waals surface area (Å²) < 4.78 is 6.74. The first-order valence-electron chi connectivity index (χ1n) is 5.93. The van der Waals surface area contributed by atoms with Gasteiger partial charge in [0, 0.05) is 14.7 Å². The normalized spacial score (nSPS) is 12.2. The molecule has 0 spiro atoms. The maximum absolute atomic E-state index is 5.61. The Bertz CT molecular complexity index is 512. The fraction of sp³-hybridized carbons (Fsp3) is 0.286. The number of nitrogens with one attached hydrogen (secondary N) is 1. The number of benzene rings is 1. The molecule has 4 heteroatoms. The molecule has 0 saturated carbocycles. The van der Waals surface area contributed by atoms with Crippen molar-refractivity contribution in [3.63, 3.8) is 0 Å². The molecule has 96 valence electrons. The summed E-state index contributed by atoms with van der Waals surface area (Å²) in [4.78, 5) is 1.30. The van der Waals surface area contributed by atoms with E-state index >= 15 is 0 Å². The first-order valence-corrected chi connectivity index (χ1v) is 7.60. The van der Waals surface area contributed by atoms with Crippen LogP contribution in [-0.4, -0.2) is 6.61 Å². The monoisotopic (exact) mass is 325 g/mol. The van der Waals surface area contributed by atoms with Crippen molar-refractivity contribution in [2.24, 2.45) is 0 Å². The molecule has 1 aromatic heterocycles. The molecule has 0 radical (unpaired) electrons. The Hall–Kier alpha value is -1.000. The predicted octanol–water partition coefficient (Wildman–Crippen LogP) is 5.08. The van der Waals surface area contributed by atoms with Crippen molar-refractivity contribution in [3.05, 3.63) is 45.1 Å². The number of thiophene rings is 1. The van der Waals surface area contributed by atoms with Gasteiger partial charge in [0.05, 0.1) is 18.3 Å². The number of rotatable bonds is 5. The Labute approximate surface area is 120 Å². The average Bonchev–Trinajstić information content (AvgIpc) is 2.79. The zero-order valence-electron chi connectivity index (χ0n) is 10.4. The van der Waals surface area contributed by atoms with Gasteiger partial charge in [-0.05, 0) is 48.0 Å². The van der Waals surface area contributed by atoms with Crippen LogP contribution < -0.4 is 10.1 Å². The van der Waals surface area contributed by atoms with Crippen LogP contribution in [0.2, 0.25) is 0 Å². The first-order chi connectivity index (χ1) is 8.70. The number of anilines is 1. The molecule has 1 aromatic carbocycles. The second-order valence-corrected chi connectivity index (χ2v) is 5.82. The van der Waals surface area contributed by atoms with Gasteiger partial charge in [0.2, 0.25) is 0 Å². The third-order valence-electron chi connectivity index (χ3n) is 2.57. The van der Waals surface area contributed by atoms with Gasteiger partial charge in [-0.25, -0.2) is 0 Å². The molecule has 0 saturated heterocycles. The Morgan fingerprint density at radius 2 is 2.17 bits per heavy atom. The van der Waals surface area contributed by atoms with Gasteiger partial charge in [-0.15, -0.1) is 11.3 Å². The van der Waals surface area contributed by atoms with E-state index in [4.69, 9.17) is 4.74 Å². The number of para-hydroxylation sites is 2. The maximum Gasteiger partial charge on any atom is 0.142 e. The van der Waals surface area contributed by atoms with E-state index in [2.05, 4.69) is 39.6 Å². The van der Waals surface area contributed by atoms with Crippen LogP contribution in [0.5, 0.6) is 5.75 Å². The molecular weight excluding hydrogens is 310 g/mol. The SMILES string of the molecule is CCOc1ccccc1NC(C)c1cc(Br)cs1. The number of ether oxygens (including phenoxy) is 1. The Balaban J connectivity index is 2.13. The van der Waals surface area contributed by atoms with Crippen molar-refractivity contribution >= 4 is 33.0 Å². The fourth-order valence-corrected chi connectivity index (χ4v) is 3.18. The molecule has 1 N–H and O–H groups in total. The molecule has 1 atom stereocenters. The highest BCUT2D eigenvalue weighted by Crippen LogP contribution is 2.31. The second-order valence-electron chi connectivity index (χ2n) is 3.96. The van der Waals surface area contributed by atoms with E-state index in [1.807, 2.05) is 31.2 Å². The molecule has 2 aromatic rings. The van der Waals surface area contributed by atoms with E-state index < -0.39 is 0 Å². The maximum atomic E-state index is 5.61. The van der Waals surface area contributed by atoms with Crippen molar-refractivity contribution < 1.29 is 4.74 Å². The molecule has 0 bridgehead atoms. The largest absolute Gasteiger partial charge is 0.492 e. The van der Waals surface area contributed by atoms with Crippen LogP contribution in [-0.2, 0) is 0 Å². The van der Waals surface area contributed by atoms with Crippen LogP contribution in [0.3, 0.4) is 0 Å². The fourth-order valence-electron chi connectivity index (χ4n) is 1.73. The Kier molecular flexibility index (Phi) is 4.66. The van der Waals surface area contributed by atoms with Gasteiger partial charge >= 0.3 is 0 Å². The molecule has 0 aliphatic carbocycles. The molecule has 0 amide bonds. The summed E-state index contributed by atoms with van der Waals surface area (Å²) in [5.41, 5.74) is 1.04. The Morgan fingerprint density at radius 1 is 1.39 bits per heavy atom. The molecule has 2 rings (SSSR count). The smallest absolute Gasteiger partial charge is 0.142 e. The van der Waals surface area contributed by atoms with Crippen LogP contribution >= 0.6 is 27.3 Å². The highest BCUT2D eigenvalue weighted by molar-refractivity contribution is 9.10. The highest BCUT2D eigenvalue weighted by atomic mass is 79.9. The third-order valence-corrected chi connectivity index (χ3v) is 4.45. The van der Waals surface area contributed by atoms with Crippen molar-refractivity contribution in [2.75, 3.05) is 11.9 Å². The second kappa shape index (κ2) is 6.25. The van der Waals surface area contributed by atoms with Gasteiger partial charge in [-0.2, -0.15) is 0 Å². The minimum absolute atomic E-state index is 0.267. The van der Waals surface area contributed by atoms with E-state index in [1.54, 1.807) is 11.3 Å². The molecule has 18 heavy (non-hydrogen) atoms. The van der Waals surface area contributed by atoms with Crippen LogP contribution in [0, 0.1) is 0 Å². The molecule has 0 aliphatic rings. The van der Waals surface area contributed by atoms with E-state index in [1.165, 1.54) is 4.88 Å². The lowest BCUT2D eigenvalue weighted by atomic mass is 10.2. The van der Waals surface area contributed by atoms with E-state index in [0.29, 0.717) is 6.61 Å². The van der Waals surface area contributed by atoms with Crippen LogP contribution in [0.15, 0.2) is 40.2 Å². The van der Waals surface area contributed by atoms with Gasteiger partial charge < -0.3 is 10.1 Å². The van der Waals surface area contributed by atoms with Crippen molar-refractivity contribution in [2.45, 2.75) is 19.9 Å². The van der Waals surface area contributed by atoms with Gasteiger partial charge in [0.25, 0.3) is 0 Å². The van der Waals surface area contributed by atoms with E-state index in [-0.39, 0.29) is 6.04 Å². The van der Waals surface area contributed by atoms with Crippen molar-refractivity contribution in [1.82, 2.24) is 0 Å². The number of hydrogen-bond acceptors (Lipinski definition) is 3. The summed E-state index contributed by atoms with van der Waals surface area (Å²) in [7, 11) is 0. The molecular formula is C14H16BrNOS. The number of hydrogen-bond donors (Lipinski definition) is 1. The summed E-state index contributed by atoms with van der Waals surface area (Å²) in [5, 5.41) is 5.59. The minimum Gasteiger partial charge on any atom is -0.492 e. The zero-order valence-corrected chi connectivity index (χ0v) is 12.8. The molecule has 0 aliphatic heterocycles. The summed E-state index contributed by atoms with van der Waals surface area (Å²) in [6, 6.07) is 10.5. The zero-order chi connectivity index (χ0) is 13.0. The lowest BCUT2D eigenvalue weighted by Crippen LogP contribution is -2.06. The average molecular weight is 326 g/mol. The van der Waals surface area contributed by atoms with Crippen LogP contribution in [0.25, 0.3) is 0 Å². The van der Waals surface area contributed by atoms with Gasteiger partial charge in [-0.3, -0.25) is 0 Å². The van der Waals surface area contributed by atoms with Gasteiger partial charge in [0.1, 0.15) is 5.75 Å². The predicted molar refractivity (Wildman–Crippen MR) is 81.7 cm³/mol. The Morgan fingerprint density at radius 3 is 2.83 bits per heavy atom. The van der Waals surface area contributed by atoms with Crippen molar-refractivity contribution in [1.29, 1.82) is 0 Å². The molecule has 1 unspecified atom stereocenters. The standard InChI is InChI=1S/C14H16BrNOS/c1-3-17-13-7-5-4-6-12(13)16-10(2)14-8-11(15)9-18-14/h4-10,16H,3H2,1-2H3. The molecule has 1 heterocycles. The molecule has 0 fully saturated rings. The third kappa shape index (κ3) is 3.27. The topological polar surface area (TPSA) is 21.3 Å². The lowest BCUT2D eigenvalue weighted by Gasteiger charge is -2.16. The van der Waals surface area contributed by atoms with Crippen LogP contribution in [0.1, 0.15) is 24.8 Å². The lowest BCUT2D eigenvalue weighted by molar-refractivity contribution is 0.341. The number of halogens is 1. The van der Waals surface area contributed by atoms with Gasteiger partial charge in [-0.1, -0.05) is 12.1 Å². The first kappa shape index (κ1) is 13.4. The summed E-state index contributed by atoms with van der Waals surface area (Å²) >= 11 is 5.23. The van der Waals surface area contributed by atoms with E-state index in [9.17, 15) is 0 Å². The quantitative estimate of drug-likeness (QED) is 0.827. The van der Waals surface area contributed by atoms with Crippen LogP contribution in [0.4, 0.5) is 5.69 Å². The molecule has 2 nitrogen and oxygen atoms in total. The minimum atomic E-state index is 0.267. The summed E-state index contributed by atoms with van der Waals surface area (Å²) in [6.07, 6.45) is 0. The summed E-state index contributed by atoms with van der Waals surface area (Å²) in [5.74, 6) is 0.905. The van der Waals surface area contributed by atoms with E-state index in [0.717, 1.165) is 15.9 Å². The van der Waals surface area contributed by atoms with Gasteiger partial charge in [0.15, 0.2) is 0 Å². The van der Waals surface area contributed by atoms with Crippen molar-refractivity contribution in [3.8, 4) is 5.75 Å². The summed E-state index contributed by atoms with van der Waals surface area (Å²) in [6.45, 7) is 4.83. The highest BCUT2D eigenvalue weighted by Gasteiger charge is 2.10.